The predicted molar refractivity (Wildman–Crippen MR) is 124 cm³/mol. The monoisotopic (exact) mass is 457 g/mol. The first-order chi connectivity index (χ1) is 16.1. The number of benzene rings is 1. The summed E-state index contributed by atoms with van der Waals surface area (Å²) in [5.74, 6) is 0.815. The molecule has 0 aliphatic carbocycles. The fourth-order valence-corrected chi connectivity index (χ4v) is 4.76. The van der Waals surface area contributed by atoms with Gasteiger partial charge < -0.3 is 24.6 Å². The molecule has 1 aromatic heterocycles. The van der Waals surface area contributed by atoms with Gasteiger partial charge in [0.05, 0.1) is 37.9 Å². The van der Waals surface area contributed by atoms with E-state index in [4.69, 9.17) is 9.47 Å². The average Bonchev–Trinajstić information content (AvgIpc) is 3.34. The lowest BCUT2D eigenvalue weighted by molar-refractivity contribution is -0.120. The molecule has 180 valence electrons. The third-order valence-electron chi connectivity index (χ3n) is 6.56. The SMILES string of the molecule is CCC(=O)N(c1ccccc1)C1(COC)CCN(CCn2nnc(C3COCCN3)n2)CC1. The van der Waals surface area contributed by atoms with Crippen LogP contribution >= 0.6 is 0 Å². The molecule has 2 aliphatic rings. The molecule has 1 atom stereocenters. The van der Waals surface area contributed by atoms with Crippen molar-refractivity contribution >= 4 is 11.6 Å². The summed E-state index contributed by atoms with van der Waals surface area (Å²) in [6.07, 6.45) is 2.16. The molecule has 2 aliphatic heterocycles. The second-order valence-corrected chi connectivity index (χ2v) is 8.74. The third-order valence-corrected chi connectivity index (χ3v) is 6.56. The highest BCUT2D eigenvalue weighted by molar-refractivity contribution is 5.94. The maximum absolute atomic E-state index is 13.0. The third kappa shape index (κ3) is 5.57. The number of nitrogens with one attached hydrogen (secondary N) is 1. The Morgan fingerprint density at radius 3 is 2.73 bits per heavy atom. The van der Waals surface area contributed by atoms with E-state index in [0.29, 0.717) is 32.0 Å². The number of tetrazole rings is 1. The van der Waals surface area contributed by atoms with E-state index in [-0.39, 0.29) is 17.5 Å². The van der Waals surface area contributed by atoms with Crippen LogP contribution in [0.5, 0.6) is 0 Å². The highest BCUT2D eigenvalue weighted by Gasteiger charge is 2.42. The normalized spacial score (nSPS) is 21.1. The van der Waals surface area contributed by atoms with Crippen molar-refractivity contribution in [1.82, 2.24) is 30.4 Å². The Labute approximate surface area is 195 Å². The summed E-state index contributed by atoms with van der Waals surface area (Å²) < 4.78 is 11.1. The minimum Gasteiger partial charge on any atom is -0.382 e. The van der Waals surface area contributed by atoms with Crippen molar-refractivity contribution in [3.63, 3.8) is 0 Å². The van der Waals surface area contributed by atoms with Gasteiger partial charge in [0.25, 0.3) is 0 Å². The molecule has 33 heavy (non-hydrogen) atoms. The number of morpholine rings is 1. The number of ether oxygens (including phenoxy) is 2. The van der Waals surface area contributed by atoms with Crippen molar-refractivity contribution in [1.29, 1.82) is 0 Å². The lowest BCUT2D eigenvalue weighted by Gasteiger charge is -2.48. The summed E-state index contributed by atoms with van der Waals surface area (Å²) in [5.41, 5.74) is 0.597. The zero-order valence-electron chi connectivity index (χ0n) is 19.7. The van der Waals surface area contributed by atoms with E-state index >= 15 is 0 Å². The number of nitrogens with zero attached hydrogens (tertiary/aromatic N) is 6. The van der Waals surface area contributed by atoms with Crippen molar-refractivity contribution in [2.75, 3.05) is 58.0 Å². The molecule has 1 aromatic carbocycles. The summed E-state index contributed by atoms with van der Waals surface area (Å²) in [6, 6.07) is 9.97. The van der Waals surface area contributed by atoms with Crippen molar-refractivity contribution < 1.29 is 14.3 Å². The van der Waals surface area contributed by atoms with Crippen molar-refractivity contribution in [3.8, 4) is 0 Å². The molecule has 0 spiro atoms. The van der Waals surface area contributed by atoms with Gasteiger partial charge in [-0.1, -0.05) is 25.1 Å². The van der Waals surface area contributed by atoms with Gasteiger partial charge >= 0.3 is 0 Å². The first-order valence-electron chi connectivity index (χ1n) is 11.8. The molecule has 1 amide bonds. The predicted octanol–water partition coefficient (Wildman–Crippen LogP) is 1.26. The van der Waals surface area contributed by atoms with Gasteiger partial charge in [-0.25, -0.2) is 0 Å². The molecule has 10 nitrogen and oxygen atoms in total. The van der Waals surface area contributed by atoms with Crippen LogP contribution in [0.4, 0.5) is 5.69 Å². The molecular formula is C23H35N7O3. The fraction of sp³-hybridized carbons (Fsp3) is 0.652. The van der Waals surface area contributed by atoms with Gasteiger partial charge in [-0.3, -0.25) is 4.79 Å². The van der Waals surface area contributed by atoms with Gasteiger partial charge in [0.2, 0.25) is 5.91 Å². The number of hydrogen-bond donors (Lipinski definition) is 1. The molecule has 10 heteroatoms. The minimum atomic E-state index is -0.342. The van der Waals surface area contributed by atoms with Crippen LogP contribution in [0.1, 0.15) is 38.1 Å². The summed E-state index contributed by atoms with van der Waals surface area (Å²) >= 11 is 0. The molecule has 0 radical (unpaired) electrons. The quantitative estimate of drug-likeness (QED) is 0.601. The van der Waals surface area contributed by atoms with Crippen LogP contribution in [0.25, 0.3) is 0 Å². The highest BCUT2D eigenvalue weighted by atomic mass is 16.5. The topological polar surface area (TPSA) is 97.6 Å². The number of para-hydroxylation sites is 1. The Morgan fingerprint density at radius 1 is 1.27 bits per heavy atom. The highest BCUT2D eigenvalue weighted by Crippen LogP contribution is 2.34. The van der Waals surface area contributed by atoms with E-state index < -0.39 is 0 Å². The molecule has 2 saturated heterocycles. The van der Waals surface area contributed by atoms with Gasteiger partial charge in [0.1, 0.15) is 0 Å². The largest absolute Gasteiger partial charge is 0.382 e. The molecular weight excluding hydrogens is 422 g/mol. The Balaban J connectivity index is 1.38. The Morgan fingerprint density at radius 2 is 2.06 bits per heavy atom. The molecule has 1 N–H and O–H groups in total. The summed E-state index contributed by atoms with van der Waals surface area (Å²) in [6.45, 7) is 7.80. The molecule has 0 bridgehead atoms. The molecule has 2 aromatic rings. The van der Waals surface area contributed by atoms with Gasteiger partial charge in [0, 0.05) is 45.4 Å². The number of likely N-dealkylation sites (tertiary alicyclic amines) is 1. The zero-order valence-corrected chi connectivity index (χ0v) is 19.7. The van der Waals surface area contributed by atoms with E-state index in [1.54, 1.807) is 11.9 Å². The van der Waals surface area contributed by atoms with E-state index in [9.17, 15) is 4.79 Å². The van der Waals surface area contributed by atoms with Crippen LogP contribution in [0, 0.1) is 0 Å². The second-order valence-electron chi connectivity index (χ2n) is 8.74. The van der Waals surface area contributed by atoms with E-state index in [0.717, 1.165) is 51.3 Å². The average molecular weight is 458 g/mol. The molecule has 1 unspecified atom stereocenters. The summed E-state index contributed by atoms with van der Waals surface area (Å²) in [7, 11) is 1.72. The first kappa shape index (κ1) is 23.7. The molecule has 4 rings (SSSR count). The smallest absolute Gasteiger partial charge is 0.227 e. The van der Waals surface area contributed by atoms with Gasteiger partial charge in [-0.2, -0.15) is 4.80 Å². The number of amides is 1. The fourth-order valence-electron chi connectivity index (χ4n) is 4.76. The minimum absolute atomic E-state index is 0.0113. The van der Waals surface area contributed by atoms with Crippen LogP contribution in [0.2, 0.25) is 0 Å². The molecule has 2 fully saturated rings. The zero-order chi connectivity index (χ0) is 23.1. The summed E-state index contributed by atoms with van der Waals surface area (Å²) in [5, 5.41) is 16.3. The van der Waals surface area contributed by atoms with Crippen LogP contribution in [0.15, 0.2) is 30.3 Å². The number of anilines is 1. The lowest BCUT2D eigenvalue weighted by atomic mass is 9.85. The van der Waals surface area contributed by atoms with E-state index in [2.05, 4.69) is 25.6 Å². The number of carbonyl (C=O) groups is 1. The Bertz CT molecular complexity index is 877. The first-order valence-corrected chi connectivity index (χ1v) is 11.8. The van der Waals surface area contributed by atoms with Gasteiger partial charge in [0.15, 0.2) is 5.82 Å². The maximum Gasteiger partial charge on any atom is 0.227 e. The summed E-state index contributed by atoms with van der Waals surface area (Å²) in [4.78, 5) is 19.1. The lowest BCUT2D eigenvalue weighted by Crippen LogP contribution is -2.60. The van der Waals surface area contributed by atoms with Crippen LogP contribution < -0.4 is 10.2 Å². The number of aromatic nitrogens is 4. The molecule has 0 saturated carbocycles. The van der Waals surface area contributed by atoms with Crippen molar-refractivity contribution in [2.45, 2.75) is 44.3 Å². The van der Waals surface area contributed by atoms with Crippen LogP contribution in [-0.4, -0.2) is 89.7 Å². The number of rotatable bonds is 9. The number of carbonyl (C=O) groups excluding carboxylic acids is 1. The second kappa shape index (κ2) is 11.1. The van der Waals surface area contributed by atoms with E-state index in [1.165, 1.54) is 0 Å². The standard InChI is InChI=1S/C23H35N7O3/c1-3-21(31)30(19-7-5-4-6-8-19)23(18-32-2)9-12-28(13-10-23)14-15-29-26-22(25-27-29)20-17-33-16-11-24-20/h4-8,20,24H,3,9-18H2,1-2H3. The molecule has 3 heterocycles. The van der Waals surface area contributed by atoms with E-state index in [1.807, 2.05) is 42.2 Å². The number of hydrogen-bond acceptors (Lipinski definition) is 8. The van der Waals surface area contributed by atoms with Gasteiger partial charge in [-0.05, 0) is 30.2 Å². The van der Waals surface area contributed by atoms with Gasteiger partial charge in [-0.15, -0.1) is 10.2 Å². The van der Waals surface area contributed by atoms with Crippen molar-refractivity contribution in [3.05, 3.63) is 36.2 Å². The van der Waals surface area contributed by atoms with Crippen LogP contribution in [0.3, 0.4) is 0 Å². The Hall–Kier alpha value is -2.40. The van der Waals surface area contributed by atoms with Crippen molar-refractivity contribution in [2.24, 2.45) is 0 Å². The number of piperidine rings is 1. The Kier molecular flexibility index (Phi) is 8.02. The number of methoxy groups -OCH3 is 1. The maximum atomic E-state index is 13.0. The van der Waals surface area contributed by atoms with Crippen LogP contribution in [-0.2, 0) is 20.8 Å².